The number of carbonyl (C=O) groups excluding carboxylic acids is 1. The molecular weight excluding hydrogens is 907 g/mol. The number of hydrogen-bond donors (Lipinski definition) is 9. The van der Waals surface area contributed by atoms with E-state index in [9.17, 15) is 45.6 Å². The Morgan fingerprint density at radius 1 is 0.507 bits per heavy atom. The van der Waals surface area contributed by atoms with E-state index in [0.717, 1.165) is 64.2 Å². The highest BCUT2D eigenvalue weighted by molar-refractivity contribution is 5.76. The summed E-state index contributed by atoms with van der Waals surface area (Å²) in [5.41, 5.74) is 0. The number of nitrogens with one attached hydrogen (secondary N) is 1. The lowest BCUT2D eigenvalue weighted by Gasteiger charge is -2.46. The third-order valence-corrected chi connectivity index (χ3v) is 14.1. The molecule has 0 spiro atoms. The maximum absolute atomic E-state index is 13.2. The van der Waals surface area contributed by atoms with Gasteiger partial charge in [0.1, 0.15) is 48.8 Å². The molecule has 416 valence electrons. The molecule has 0 aliphatic carbocycles. The molecular formula is C57H105NO13. The van der Waals surface area contributed by atoms with Crippen molar-refractivity contribution in [2.75, 3.05) is 19.8 Å². The number of aliphatic hydroxyl groups excluding tert-OH is 8. The van der Waals surface area contributed by atoms with Crippen LogP contribution in [0.2, 0.25) is 0 Å². The maximum Gasteiger partial charge on any atom is 0.220 e. The highest BCUT2D eigenvalue weighted by Crippen LogP contribution is 2.30. The van der Waals surface area contributed by atoms with Crippen LogP contribution in [0, 0.1) is 0 Å². The minimum absolute atomic E-state index is 0.253. The number of amides is 1. The summed E-state index contributed by atoms with van der Waals surface area (Å²) < 4.78 is 22.7. The van der Waals surface area contributed by atoms with Crippen LogP contribution in [0.25, 0.3) is 0 Å². The number of hydrogen-bond acceptors (Lipinski definition) is 13. The molecule has 2 aliphatic rings. The molecule has 2 fully saturated rings. The van der Waals surface area contributed by atoms with Crippen LogP contribution < -0.4 is 5.32 Å². The molecule has 14 nitrogen and oxygen atoms in total. The lowest BCUT2D eigenvalue weighted by molar-refractivity contribution is -0.359. The smallest absolute Gasteiger partial charge is 0.220 e. The monoisotopic (exact) mass is 1010 g/mol. The minimum atomic E-state index is -1.79. The molecule has 0 saturated carbocycles. The minimum Gasteiger partial charge on any atom is -0.394 e. The summed E-state index contributed by atoms with van der Waals surface area (Å²) in [6.45, 7) is 2.77. The fourth-order valence-corrected chi connectivity index (χ4v) is 9.38. The van der Waals surface area contributed by atoms with Gasteiger partial charge in [-0.2, -0.15) is 0 Å². The van der Waals surface area contributed by atoms with Crippen LogP contribution in [0.5, 0.6) is 0 Å². The molecule has 1 amide bonds. The van der Waals surface area contributed by atoms with Gasteiger partial charge in [0.25, 0.3) is 0 Å². The largest absolute Gasteiger partial charge is 0.394 e. The molecule has 0 radical (unpaired) electrons. The molecule has 2 aliphatic heterocycles. The van der Waals surface area contributed by atoms with E-state index in [1.54, 1.807) is 6.08 Å². The predicted octanol–water partition coefficient (Wildman–Crippen LogP) is 9.05. The van der Waals surface area contributed by atoms with E-state index in [2.05, 4.69) is 43.5 Å². The van der Waals surface area contributed by atoms with Gasteiger partial charge >= 0.3 is 0 Å². The van der Waals surface area contributed by atoms with E-state index < -0.39 is 86.8 Å². The topological polar surface area (TPSA) is 228 Å². The van der Waals surface area contributed by atoms with Crippen molar-refractivity contribution in [2.45, 2.75) is 299 Å². The van der Waals surface area contributed by atoms with Gasteiger partial charge in [-0.05, 0) is 51.4 Å². The van der Waals surface area contributed by atoms with E-state index in [-0.39, 0.29) is 18.9 Å². The van der Waals surface area contributed by atoms with Crippen molar-refractivity contribution in [2.24, 2.45) is 0 Å². The van der Waals surface area contributed by atoms with Crippen LogP contribution in [0.4, 0.5) is 0 Å². The van der Waals surface area contributed by atoms with Gasteiger partial charge in [0.05, 0.1) is 32.0 Å². The Bertz CT molecular complexity index is 1330. The number of unbranched alkanes of at least 4 members (excludes halogenated alkanes) is 28. The van der Waals surface area contributed by atoms with Gasteiger partial charge in [-0.3, -0.25) is 4.79 Å². The van der Waals surface area contributed by atoms with Crippen molar-refractivity contribution in [1.82, 2.24) is 5.32 Å². The third-order valence-electron chi connectivity index (χ3n) is 14.1. The molecule has 12 atom stereocenters. The zero-order chi connectivity index (χ0) is 51.7. The quantitative estimate of drug-likeness (QED) is 0.0205. The summed E-state index contributed by atoms with van der Waals surface area (Å²) in [5, 5.41) is 87.0. The Balaban J connectivity index is 1.79. The average molecular weight is 1010 g/mol. The molecule has 12 unspecified atom stereocenters. The molecule has 2 rings (SSSR count). The van der Waals surface area contributed by atoms with Gasteiger partial charge in [0.15, 0.2) is 12.6 Å². The first kappa shape index (κ1) is 65.3. The lowest BCUT2D eigenvalue weighted by Crippen LogP contribution is -2.65. The lowest BCUT2D eigenvalue weighted by atomic mass is 9.97. The average Bonchev–Trinajstić information content (AvgIpc) is 3.37. The summed E-state index contributed by atoms with van der Waals surface area (Å²) in [7, 11) is 0. The summed E-state index contributed by atoms with van der Waals surface area (Å²) in [6.07, 6.45) is 34.6. The molecule has 2 heterocycles. The van der Waals surface area contributed by atoms with Gasteiger partial charge in [-0.25, -0.2) is 0 Å². The van der Waals surface area contributed by atoms with Crippen LogP contribution in [0.15, 0.2) is 36.5 Å². The fraction of sp³-hybridized carbons (Fsp3) is 0.877. The zero-order valence-corrected chi connectivity index (χ0v) is 44.5. The molecule has 0 aromatic carbocycles. The van der Waals surface area contributed by atoms with E-state index in [4.69, 9.17) is 18.9 Å². The van der Waals surface area contributed by atoms with Gasteiger partial charge in [-0.1, -0.05) is 204 Å². The van der Waals surface area contributed by atoms with E-state index >= 15 is 0 Å². The molecule has 14 heteroatoms. The van der Waals surface area contributed by atoms with E-state index in [1.807, 2.05) is 6.08 Å². The highest BCUT2D eigenvalue weighted by atomic mass is 16.7. The number of carbonyl (C=O) groups is 1. The van der Waals surface area contributed by atoms with Crippen molar-refractivity contribution in [3.05, 3.63) is 36.5 Å². The second-order valence-corrected chi connectivity index (χ2v) is 20.4. The van der Waals surface area contributed by atoms with Crippen molar-refractivity contribution >= 4 is 5.91 Å². The number of rotatable bonds is 45. The Morgan fingerprint density at radius 3 is 1.44 bits per heavy atom. The fourth-order valence-electron chi connectivity index (χ4n) is 9.38. The Morgan fingerprint density at radius 2 is 0.930 bits per heavy atom. The Hall–Kier alpha value is -1.79. The van der Waals surface area contributed by atoms with Crippen LogP contribution >= 0.6 is 0 Å². The van der Waals surface area contributed by atoms with Gasteiger partial charge in [-0.15, -0.1) is 0 Å². The third kappa shape index (κ3) is 29.8. The van der Waals surface area contributed by atoms with Crippen LogP contribution in [0.1, 0.15) is 226 Å². The molecule has 0 aromatic rings. The van der Waals surface area contributed by atoms with Crippen molar-refractivity contribution in [3.63, 3.8) is 0 Å². The molecule has 71 heavy (non-hydrogen) atoms. The van der Waals surface area contributed by atoms with Crippen LogP contribution in [-0.2, 0) is 23.7 Å². The number of ether oxygens (including phenoxy) is 4. The SMILES string of the molecule is CCCCC/C=C\C/C=C\CCCCCCCC(=O)NC(COC1OC(CO)C(OC2OC(CO)C(O)C(O)C2O)C(O)C1O)C(O)/C=C/CCCCCCCCCCCCCCCCCCCCCC. The van der Waals surface area contributed by atoms with Crippen molar-refractivity contribution in [1.29, 1.82) is 0 Å². The summed E-state index contributed by atoms with van der Waals surface area (Å²) >= 11 is 0. The summed E-state index contributed by atoms with van der Waals surface area (Å²) in [6, 6.07) is -0.921. The second kappa shape index (κ2) is 43.4. The second-order valence-electron chi connectivity index (χ2n) is 20.4. The molecule has 0 aromatic heterocycles. The molecule has 9 N–H and O–H groups in total. The Labute approximate surface area is 430 Å². The Kier molecular flexibility index (Phi) is 40.0. The number of aliphatic hydroxyl groups is 8. The van der Waals surface area contributed by atoms with Gasteiger partial charge in [0.2, 0.25) is 5.91 Å². The number of allylic oxidation sites excluding steroid dienone is 5. The van der Waals surface area contributed by atoms with Crippen molar-refractivity contribution in [3.8, 4) is 0 Å². The zero-order valence-electron chi connectivity index (χ0n) is 44.5. The normalized spacial score (nSPS) is 26.0. The highest BCUT2D eigenvalue weighted by Gasteiger charge is 2.51. The first-order valence-electron chi connectivity index (χ1n) is 28.7. The van der Waals surface area contributed by atoms with Crippen LogP contribution in [-0.4, -0.2) is 140 Å². The summed E-state index contributed by atoms with van der Waals surface area (Å²) in [4.78, 5) is 13.2. The van der Waals surface area contributed by atoms with E-state index in [1.165, 1.54) is 135 Å². The first-order chi connectivity index (χ1) is 34.6. The predicted molar refractivity (Wildman–Crippen MR) is 281 cm³/mol. The summed E-state index contributed by atoms with van der Waals surface area (Å²) in [5.74, 6) is -0.253. The van der Waals surface area contributed by atoms with E-state index in [0.29, 0.717) is 6.42 Å². The molecule has 2 saturated heterocycles. The van der Waals surface area contributed by atoms with Gasteiger partial charge in [0, 0.05) is 6.42 Å². The van der Waals surface area contributed by atoms with Crippen molar-refractivity contribution < 1.29 is 64.6 Å². The van der Waals surface area contributed by atoms with Gasteiger partial charge < -0.3 is 65.1 Å². The first-order valence-corrected chi connectivity index (χ1v) is 28.7. The van der Waals surface area contributed by atoms with Crippen LogP contribution in [0.3, 0.4) is 0 Å². The maximum atomic E-state index is 13.2. The molecule has 0 bridgehead atoms. The standard InChI is InChI=1S/C57H105NO13/c1-3-5-7-9-11-13-15-17-19-20-21-22-23-24-25-27-28-30-32-34-36-38-40-46(61)45(58-49(62)41-39-37-35-33-31-29-26-18-16-14-12-10-8-6-4-2)44-68-56-54(67)52(65)55(48(43-60)70-56)71-57-53(66)51(64)50(63)47(42-59)69-57/h12,14,18,26,38,40,45-48,50-57,59-61,63-67H,3-11,13,15-17,19-25,27-37,39,41-44H2,1-2H3,(H,58,62)/b14-12-,26-18-,40-38+.